The van der Waals surface area contributed by atoms with Crippen LogP contribution >= 0.6 is 0 Å². The molecule has 10 heteroatoms. The number of rotatable bonds is 6. The maximum atomic E-state index is 13.2. The molecule has 2 aromatic heterocycles. The van der Waals surface area contributed by atoms with E-state index in [4.69, 9.17) is 4.74 Å². The first kappa shape index (κ1) is 22.7. The highest BCUT2D eigenvalue weighted by Gasteiger charge is 2.23. The van der Waals surface area contributed by atoms with Gasteiger partial charge in [-0.2, -0.15) is 0 Å². The van der Waals surface area contributed by atoms with Crippen molar-refractivity contribution in [2.45, 2.75) is 33.9 Å². The van der Waals surface area contributed by atoms with Crippen LogP contribution in [0.2, 0.25) is 0 Å². The lowest BCUT2D eigenvalue weighted by Gasteiger charge is -2.16. The van der Waals surface area contributed by atoms with Gasteiger partial charge in [-0.1, -0.05) is 12.1 Å². The fraction of sp³-hybridized carbons (Fsp3) is 0.318. The van der Waals surface area contributed by atoms with Gasteiger partial charge in [0.15, 0.2) is 0 Å². The van der Waals surface area contributed by atoms with Gasteiger partial charge in [0.2, 0.25) is 0 Å². The van der Waals surface area contributed by atoms with E-state index in [-0.39, 0.29) is 47.5 Å². The van der Waals surface area contributed by atoms with Gasteiger partial charge in [-0.3, -0.25) is 28.1 Å². The summed E-state index contributed by atoms with van der Waals surface area (Å²) in [5.74, 6) is -1.38. The minimum atomic E-state index is -0.759. The highest BCUT2D eigenvalue weighted by molar-refractivity contribution is 6.13. The van der Waals surface area contributed by atoms with Crippen molar-refractivity contribution in [3.63, 3.8) is 0 Å². The van der Waals surface area contributed by atoms with E-state index in [1.54, 1.807) is 32.9 Å². The van der Waals surface area contributed by atoms with E-state index < -0.39 is 28.7 Å². The van der Waals surface area contributed by atoms with Gasteiger partial charge in [-0.25, -0.2) is 9.59 Å². The molecule has 2 heterocycles. The van der Waals surface area contributed by atoms with Gasteiger partial charge >= 0.3 is 11.7 Å². The number of ether oxygens (including phenoxy) is 1. The number of hydrogen-bond acceptors (Lipinski definition) is 6. The Kier molecular flexibility index (Phi) is 6.42. The zero-order valence-corrected chi connectivity index (χ0v) is 18.3. The normalized spacial score (nSPS) is 10.9. The molecule has 0 spiro atoms. The molecule has 0 aliphatic carbocycles. The highest BCUT2D eigenvalue weighted by Crippen LogP contribution is 2.19. The Morgan fingerprint density at radius 1 is 0.969 bits per heavy atom. The van der Waals surface area contributed by atoms with Crippen LogP contribution in [0.5, 0.6) is 0 Å². The first-order valence-corrected chi connectivity index (χ1v) is 10.2. The number of aromatic nitrogens is 3. The Hall–Kier alpha value is -3.95. The highest BCUT2D eigenvalue weighted by atomic mass is 16.5. The molecule has 168 valence electrons. The van der Waals surface area contributed by atoms with Crippen molar-refractivity contribution in [3.8, 4) is 0 Å². The Labute approximate surface area is 182 Å². The fourth-order valence-corrected chi connectivity index (χ4v) is 3.62. The first-order valence-electron chi connectivity index (χ1n) is 10.2. The predicted octanol–water partition coefficient (Wildman–Crippen LogP) is 1.33. The molecule has 32 heavy (non-hydrogen) atoms. The second-order valence-electron chi connectivity index (χ2n) is 6.95. The number of carbonyl (C=O) groups is 2. The summed E-state index contributed by atoms with van der Waals surface area (Å²) in [6.45, 7) is 5.46. The van der Waals surface area contributed by atoms with Crippen molar-refractivity contribution in [1.82, 2.24) is 13.7 Å². The summed E-state index contributed by atoms with van der Waals surface area (Å²) < 4.78 is 8.47. The molecule has 0 fully saturated rings. The monoisotopic (exact) mass is 440 g/mol. The Morgan fingerprint density at radius 2 is 1.62 bits per heavy atom. The van der Waals surface area contributed by atoms with Crippen LogP contribution in [0.1, 0.15) is 41.5 Å². The van der Waals surface area contributed by atoms with E-state index in [0.29, 0.717) is 0 Å². The molecule has 1 amide bonds. The number of pyridine rings is 1. The number of hydrogen-bond donors (Lipinski definition) is 1. The number of fused-ring (bicyclic) bond motifs is 1. The molecule has 3 aromatic rings. The molecule has 0 saturated carbocycles. The summed E-state index contributed by atoms with van der Waals surface area (Å²) in [4.78, 5) is 63.9. The standard InChI is InChI=1S/C22H24N4O6/c1-5-25-16(27)12-14(17-19(25)24(4)22(31)26(6-2)20(17)29)18(28)23-15-11-9-8-10-13(15)21(30)32-7-3/h8-12H,5-7H2,1-4H3,(H,23,28). The van der Waals surface area contributed by atoms with Crippen LogP contribution in [0, 0.1) is 0 Å². The molecule has 0 bridgehead atoms. The van der Waals surface area contributed by atoms with E-state index in [1.165, 1.54) is 28.3 Å². The quantitative estimate of drug-likeness (QED) is 0.577. The maximum Gasteiger partial charge on any atom is 0.340 e. The minimum absolute atomic E-state index is 0.0542. The lowest BCUT2D eigenvalue weighted by Crippen LogP contribution is -2.42. The number of nitrogens with one attached hydrogen (secondary N) is 1. The van der Waals surface area contributed by atoms with Crippen LogP contribution in [-0.4, -0.2) is 32.2 Å². The molecular weight excluding hydrogens is 416 g/mol. The van der Waals surface area contributed by atoms with Gasteiger partial charge in [0, 0.05) is 26.2 Å². The Bertz CT molecular complexity index is 1400. The fourth-order valence-electron chi connectivity index (χ4n) is 3.62. The van der Waals surface area contributed by atoms with E-state index in [9.17, 15) is 24.0 Å². The molecular formula is C22H24N4O6. The van der Waals surface area contributed by atoms with Gasteiger partial charge in [-0.15, -0.1) is 0 Å². The summed E-state index contributed by atoms with van der Waals surface area (Å²) in [5.41, 5.74) is -1.61. The smallest absolute Gasteiger partial charge is 0.340 e. The summed E-state index contributed by atoms with van der Waals surface area (Å²) >= 11 is 0. The number of benzene rings is 1. The van der Waals surface area contributed by atoms with Gasteiger partial charge in [-0.05, 0) is 32.9 Å². The van der Waals surface area contributed by atoms with Crippen molar-refractivity contribution < 1.29 is 14.3 Å². The number of carbonyl (C=O) groups excluding carboxylic acids is 2. The van der Waals surface area contributed by atoms with Crippen LogP contribution in [0.25, 0.3) is 11.0 Å². The zero-order chi connectivity index (χ0) is 23.6. The van der Waals surface area contributed by atoms with Crippen molar-refractivity contribution in [2.75, 3.05) is 11.9 Å². The van der Waals surface area contributed by atoms with E-state index in [2.05, 4.69) is 5.32 Å². The third-order valence-corrected chi connectivity index (χ3v) is 5.12. The lowest BCUT2D eigenvalue weighted by atomic mass is 10.1. The number of esters is 1. The largest absolute Gasteiger partial charge is 0.462 e. The molecule has 0 aliphatic heterocycles. The summed E-state index contributed by atoms with van der Waals surface area (Å²) in [7, 11) is 1.44. The number of aryl methyl sites for hydroxylation is 2. The molecule has 1 aromatic carbocycles. The average Bonchev–Trinajstić information content (AvgIpc) is 2.77. The topological polar surface area (TPSA) is 121 Å². The number of amides is 1. The minimum Gasteiger partial charge on any atom is -0.462 e. The van der Waals surface area contributed by atoms with Gasteiger partial charge < -0.3 is 10.1 Å². The molecule has 0 saturated heterocycles. The van der Waals surface area contributed by atoms with Crippen molar-refractivity contribution in [1.29, 1.82) is 0 Å². The third-order valence-electron chi connectivity index (χ3n) is 5.12. The SMILES string of the molecule is CCOC(=O)c1ccccc1NC(=O)c1cc(=O)n(CC)c2c1c(=O)n(CC)c(=O)n2C. The van der Waals surface area contributed by atoms with E-state index in [0.717, 1.165) is 10.6 Å². The van der Waals surface area contributed by atoms with Crippen LogP contribution in [0.3, 0.4) is 0 Å². The summed E-state index contributed by atoms with van der Waals surface area (Å²) in [6.07, 6.45) is 0. The number of anilines is 1. The maximum absolute atomic E-state index is 13.2. The van der Waals surface area contributed by atoms with E-state index >= 15 is 0 Å². The molecule has 0 unspecified atom stereocenters. The summed E-state index contributed by atoms with van der Waals surface area (Å²) in [6, 6.07) is 7.32. The van der Waals surface area contributed by atoms with Crippen molar-refractivity contribution in [2.24, 2.45) is 7.05 Å². The van der Waals surface area contributed by atoms with E-state index in [1.807, 2.05) is 0 Å². The Morgan fingerprint density at radius 3 is 2.25 bits per heavy atom. The molecule has 10 nitrogen and oxygen atoms in total. The Balaban J connectivity index is 2.27. The molecule has 3 rings (SSSR count). The number of nitrogens with zero attached hydrogens (tertiary/aromatic N) is 3. The lowest BCUT2D eigenvalue weighted by molar-refractivity contribution is 0.0527. The van der Waals surface area contributed by atoms with Gasteiger partial charge in [0.25, 0.3) is 17.0 Å². The van der Waals surface area contributed by atoms with Crippen molar-refractivity contribution in [3.05, 3.63) is 72.7 Å². The first-order chi connectivity index (χ1) is 15.3. The molecule has 1 N–H and O–H groups in total. The summed E-state index contributed by atoms with van der Waals surface area (Å²) in [5, 5.41) is 2.54. The van der Waals surface area contributed by atoms with Gasteiger partial charge in [0.05, 0.1) is 28.8 Å². The second-order valence-corrected chi connectivity index (χ2v) is 6.95. The molecule has 0 radical (unpaired) electrons. The van der Waals surface area contributed by atoms with Crippen LogP contribution < -0.4 is 22.1 Å². The van der Waals surface area contributed by atoms with Gasteiger partial charge in [0.1, 0.15) is 5.65 Å². The molecule has 0 atom stereocenters. The van der Waals surface area contributed by atoms with Crippen LogP contribution in [-0.2, 0) is 24.9 Å². The van der Waals surface area contributed by atoms with Crippen molar-refractivity contribution >= 4 is 28.6 Å². The van der Waals surface area contributed by atoms with Crippen LogP contribution in [0.4, 0.5) is 5.69 Å². The second kappa shape index (κ2) is 9.04. The molecule has 0 aliphatic rings. The van der Waals surface area contributed by atoms with Crippen LogP contribution in [0.15, 0.2) is 44.7 Å². The third kappa shape index (κ3) is 3.75. The predicted molar refractivity (Wildman–Crippen MR) is 119 cm³/mol. The zero-order valence-electron chi connectivity index (χ0n) is 18.3. The average molecular weight is 440 g/mol. The number of para-hydroxylation sites is 1.